The number of thiazole rings is 2. The zero-order valence-corrected chi connectivity index (χ0v) is 18.5. The number of nitrogens with one attached hydrogen (secondary N) is 3. The molecule has 0 radical (unpaired) electrons. The van der Waals surface area contributed by atoms with Gasteiger partial charge in [0.1, 0.15) is 0 Å². The minimum atomic E-state index is -0.386. The largest absolute Gasteiger partial charge is 0.459 e. The van der Waals surface area contributed by atoms with Gasteiger partial charge in [0, 0.05) is 32.9 Å². The van der Waals surface area contributed by atoms with Crippen LogP contribution in [0.4, 0.5) is 10.3 Å². The zero-order chi connectivity index (χ0) is 22.1. The molecule has 0 bridgehead atoms. The van der Waals surface area contributed by atoms with E-state index in [1.807, 2.05) is 30.5 Å². The maximum Gasteiger partial charge on any atom is 0.293 e. The van der Waals surface area contributed by atoms with Gasteiger partial charge >= 0.3 is 0 Å². The number of carbonyl (C=O) groups is 2. The minimum absolute atomic E-state index is 0.0775. The van der Waals surface area contributed by atoms with E-state index in [0.29, 0.717) is 16.0 Å². The normalized spacial score (nSPS) is 11.0. The first-order chi connectivity index (χ1) is 15.6. The van der Waals surface area contributed by atoms with Crippen LogP contribution < -0.4 is 10.6 Å². The van der Waals surface area contributed by atoms with Gasteiger partial charge in [0.25, 0.3) is 5.91 Å². The molecule has 0 saturated heterocycles. The smallest absolute Gasteiger partial charge is 0.293 e. The van der Waals surface area contributed by atoms with Crippen LogP contribution in [0.2, 0.25) is 0 Å². The molecule has 5 aromatic rings. The monoisotopic (exact) mass is 463 g/mol. The molecule has 10 heteroatoms. The van der Waals surface area contributed by atoms with Crippen LogP contribution in [0.1, 0.15) is 21.9 Å². The Bertz CT molecular complexity index is 1410. The predicted octanol–water partition coefficient (Wildman–Crippen LogP) is 5.08. The Labute approximate surface area is 190 Å². The molecule has 0 fully saturated rings. The molecule has 160 valence electrons. The molecule has 0 spiro atoms. The van der Waals surface area contributed by atoms with E-state index in [0.717, 1.165) is 27.9 Å². The van der Waals surface area contributed by atoms with Crippen molar-refractivity contribution in [3.63, 3.8) is 0 Å². The van der Waals surface area contributed by atoms with Crippen molar-refractivity contribution in [3.05, 3.63) is 70.6 Å². The van der Waals surface area contributed by atoms with Crippen molar-refractivity contribution in [3.8, 4) is 11.3 Å². The Balaban J connectivity index is 1.24. The lowest BCUT2D eigenvalue weighted by Crippen LogP contribution is -2.15. The molecular formula is C22H17N5O3S2. The van der Waals surface area contributed by atoms with Gasteiger partial charge < -0.3 is 14.7 Å². The van der Waals surface area contributed by atoms with Gasteiger partial charge in [-0.05, 0) is 25.1 Å². The molecule has 5 rings (SSSR count). The Kier molecular flexibility index (Phi) is 5.29. The van der Waals surface area contributed by atoms with Crippen LogP contribution in [0.3, 0.4) is 0 Å². The highest BCUT2D eigenvalue weighted by molar-refractivity contribution is 7.14. The van der Waals surface area contributed by atoms with Crippen molar-refractivity contribution in [1.29, 1.82) is 0 Å². The number of anilines is 2. The minimum Gasteiger partial charge on any atom is -0.459 e. The molecule has 0 unspecified atom stereocenters. The summed E-state index contributed by atoms with van der Waals surface area (Å²) in [7, 11) is 0. The second-order valence-corrected chi connectivity index (χ2v) is 8.73. The van der Waals surface area contributed by atoms with E-state index in [9.17, 15) is 9.59 Å². The quantitative estimate of drug-likeness (QED) is 0.325. The lowest BCUT2D eigenvalue weighted by molar-refractivity contribution is -0.115. The van der Waals surface area contributed by atoms with Crippen LogP contribution in [0, 0.1) is 6.92 Å². The molecule has 4 aromatic heterocycles. The first-order valence-electron chi connectivity index (χ1n) is 9.69. The van der Waals surface area contributed by atoms with E-state index in [4.69, 9.17) is 4.42 Å². The van der Waals surface area contributed by atoms with E-state index >= 15 is 0 Å². The van der Waals surface area contributed by atoms with Crippen molar-refractivity contribution in [1.82, 2.24) is 15.0 Å². The molecule has 0 aliphatic heterocycles. The topological polar surface area (TPSA) is 113 Å². The molecule has 0 aliphatic carbocycles. The van der Waals surface area contributed by atoms with E-state index in [2.05, 4.69) is 31.7 Å². The van der Waals surface area contributed by atoms with Crippen molar-refractivity contribution in [2.24, 2.45) is 0 Å². The van der Waals surface area contributed by atoms with Crippen LogP contribution in [0.5, 0.6) is 0 Å². The highest BCUT2D eigenvalue weighted by Crippen LogP contribution is 2.33. The van der Waals surface area contributed by atoms with Gasteiger partial charge in [0.15, 0.2) is 16.0 Å². The summed E-state index contributed by atoms with van der Waals surface area (Å²) in [5.41, 5.74) is 4.50. The van der Waals surface area contributed by atoms with E-state index in [1.54, 1.807) is 17.5 Å². The average molecular weight is 464 g/mol. The first kappa shape index (κ1) is 20.2. The second-order valence-electron chi connectivity index (χ2n) is 7.01. The Morgan fingerprint density at radius 2 is 1.84 bits per heavy atom. The standard InChI is InChI=1S/C22H17N5O3S2/c1-12-19(14-5-2-3-6-15(14)23-12)16-11-32-22(25-16)26-18(28)9-13-10-31-21(24-13)27-20(29)17-7-4-8-30-17/h2-8,10-11,23H,9H2,1H3,(H,24,27,29)(H,25,26,28). The molecule has 2 amide bonds. The summed E-state index contributed by atoms with van der Waals surface area (Å²) in [5, 5.41) is 11.2. The Morgan fingerprint density at radius 1 is 1.03 bits per heavy atom. The van der Waals surface area contributed by atoms with Gasteiger partial charge in [-0.15, -0.1) is 22.7 Å². The zero-order valence-electron chi connectivity index (χ0n) is 16.8. The predicted molar refractivity (Wildman–Crippen MR) is 125 cm³/mol. The summed E-state index contributed by atoms with van der Waals surface area (Å²) < 4.78 is 5.06. The molecule has 1 aromatic carbocycles. The van der Waals surface area contributed by atoms with E-state index in [-0.39, 0.29) is 24.0 Å². The second kappa shape index (κ2) is 8.40. The van der Waals surface area contributed by atoms with Crippen LogP contribution >= 0.6 is 22.7 Å². The fraction of sp³-hybridized carbons (Fsp3) is 0.0909. The van der Waals surface area contributed by atoms with E-state index < -0.39 is 0 Å². The van der Waals surface area contributed by atoms with Gasteiger partial charge in [-0.2, -0.15) is 0 Å². The number of fused-ring (bicyclic) bond motifs is 1. The van der Waals surface area contributed by atoms with Gasteiger partial charge in [-0.1, -0.05) is 18.2 Å². The van der Waals surface area contributed by atoms with Crippen LogP contribution in [0.25, 0.3) is 22.2 Å². The number of aromatic amines is 1. The molecular weight excluding hydrogens is 446 g/mol. The van der Waals surface area contributed by atoms with Gasteiger partial charge in [0.2, 0.25) is 5.91 Å². The van der Waals surface area contributed by atoms with Gasteiger partial charge in [0.05, 0.1) is 24.1 Å². The number of aromatic nitrogens is 3. The number of rotatable bonds is 6. The molecule has 4 heterocycles. The number of carbonyl (C=O) groups excluding carboxylic acids is 2. The summed E-state index contributed by atoms with van der Waals surface area (Å²) in [6, 6.07) is 11.3. The fourth-order valence-electron chi connectivity index (χ4n) is 3.39. The van der Waals surface area contributed by atoms with Gasteiger partial charge in [-0.25, -0.2) is 9.97 Å². The van der Waals surface area contributed by atoms with E-state index in [1.165, 1.54) is 28.9 Å². The third-order valence-electron chi connectivity index (χ3n) is 4.76. The molecule has 32 heavy (non-hydrogen) atoms. The number of nitrogens with zero attached hydrogens (tertiary/aromatic N) is 2. The molecule has 3 N–H and O–H groups in total. The van der Waals surface area contributed by atoms with Crippen molar-refractivity contribution in [2.75, 3.05) is 10.6 Å². The number of benzene rings is 1. The number of hydrogen-bond donors (Lipinski definition) is 3. The number of amides is 2. The first-order valence-corrected chi connectivity index (χ1v) is 11.4. The lowest BCUT2D eigenvalue weighted by Gasteiger charge is -2.00. The maximum absolute atomic E-state index is 12.5. The lowest BCUT2D eigenvalue weighted by atomic mass is 10.1. The molecule has 0 atom stereocenters. The number of para-hydroxylation sites is 1. The third kappa shape index (κ3) is 4.05. The average Bonchev–Trinajstić information content (AvgIpc) is 3.54. The molecule has 0 aliphatic rings. The highest BCUT2D eigenvalue weighted by Gasteiger charge is 2.16. The summed E-state index contributed by atoms with van der Waals surface area (Å²) in [6.07, 6.45) is 1.50. The summed E-state index contributed by atoms with van der Waals surface area (Å²) in [5.74, 6) is -0.413. The summed E-state index contributed by atoms with van der Waals surface area (Å²) >= 11 is 2.62. The number of furan rings is 1. The number of H-pyrrole nitrogens is 1. The summed E-state index contributed by atoms with van der Waals surface area (Å²) in [4.78, 5) is 36.8. The number of aryl methyl sites for hydroxylation is 1. The fourth-order valence-corrected chi connectivity index (χ4v) is 4.82. The Morgan fingerprint density at radius 3 is 2.69 bits per heavy atom. The van der Waals surface area contributed by atoms with Crippen LogP contribution in [-0.4, -0.2) is 26.8 Å². The van der Waals surface area contributed by atoms with Crippen LogP contribution in [-0.2, 0) is 11.2 Å². The molecule has 0 saturated carbocycles. The maximum atomic E-state index is 12.5. The molecule has 8 nitrogen and oxygen atoms in total. The summed E-state index contributed by atoms with van der Waals surface area (Å²) in [6.45, 7) is 2.01. The van der Waals surface area contributed by atoms with Crippen molar-refractivity contribution < 1.29 is 14.0 Å². The Hall–Kier alpha value is -3.76. The SMILES string of the molecule is Cc1[nH]c2ccccc2c1-c1csc(NC(=O)Cc2csc(NC(=O)c3ccco3)n2)n1. The highest BCUT2D eigenvalue weighted by atomic mass is 32.1. The van der Waals surface area contributed by atoms with Crippen LogP contribution in [0.15, 0.2) is 57.8 Å². The van der Waals surface area contributed by atoms with Crippen molar-refractivity contribution >= 4 is 55.7 Å². The van der Waals surface area contributed by atoms with Crippen molar-refractivity contribution in [2.45, 2.75) is 13.3 Å². The third-order valence-corrected chi connectivity index (χ3v) is 6.32. The number of hydrogen-bond acceptors (Lipinski definition) is 7. The van der Waals surface area contributed by atoms with Gasteiger partial charge in [-0.3, -0.25) is 14.9 Å².